The summed E-state index contributed by atoms with van der Waals surface area (Å²) in [5, 5.41) is 12.4. The summed E-state index contributed by atoms with van der Waals surface area (Å²) in [6, 6.07) is -2.08. The molecule has 0 aromatic carbocycles. The van der Waals surface area contributed by atoms with E-state index in [1.54, 1.807) is 0 Å². The van der Waals surface area contributed by atoms with Crippen molar-refractivity contribution in [3.63, 3.8) is 0 Å². The molecule has 0 aromatic heterocycles. The van der Waals surface area contributed by atoms with Gasteiger partial charge in [0.05, 0.1) is 0 Å². The van der Waals surface area contributed by atoms with Crippen LogP contribution in [0.4, 0.5) is 4.79 Å². The predicted octanol–water partition coefficient (Wildman–Crippen LogP) is 3.30. The summed E-state index contributed by atoms with van der Waals surface area (Å²) >= 11 is 0. The SMILES string of the molecule is O=C(O)C(CC1CCCCC1)N1C(=O)NC(CC2CCCCC2)C1=O. The maximum Gasteiger partial charge on any atom is 0.327 e. The number of rotatable bonds is 6. The molecule has 0 radical (unpaired) electrons. The molecule has 1 saturated heterocycles. The molecule has 140 valence electrons. The van der Waals surface area contributed by atoms with Gasteiger partial charge < -0.3 is 10.4 Å². The van der Waals surface area contributed by atoms with Crippen molar-refractivity contribution in [2.45, 2.75) is 89.1 Å². The average molecular weight is 350 g/mol. The fraction of sp³-hybridized carbons (Fsp3) is 0.842. The highest BCUT2D eigenvalue weighted by Gasteiger charge is 2.45. The molecule has 0 spiro atoms. The van der Waals surface area contributed by atoms with Crippen molar-refractivity contribution in [1.29, 1.82) is 0 Å². The minimum atomic E-state index is -1.06. The van der Waals surface area contributed by atoms with Crippen molar-refractivity contribution in [3.05, 3.63) is 0 Å². The molecule has 2 N–H and O–H groups in total. The predicted molar refractivity (Wildman–Crippen MR) is 93.0 cm³/mol. The molecule has 2 saturated carbocycles. The lowest BCUT2D eigenvalue weighted by molar-refractivity contribution is -0.147. The molecule has 0 aromatic rings. The van der Waals surface area contributed by atoms with Crippen LogP contribution < -0.4 is 5.32 Å². The summed E-state index contributed by atoms with van der Waals surface area (Å²) in [7, 11) is 0. The van der Waals surface area contributed by atoms with Gasteiger partial charge in [-0.3, -0.25) is 4.79 Å². The molecule has 2 unspecified atom stereocenters. The summed E-state index contributed by atoms with van der Waals surface area (Å²) < 4.78 is 0. The third-order valence-electron chi connectivity index (χ3n) is 6.22. The Hall–Kier alpha value is -1.59. The largest absolute Gasteiger partial charge is 0.480 e. The van der Waals surface area contributed by atoms with Crippen molar-refractivity contribution in [3.8, 4) is 0 Å². The summed E-state index contributed by atoms with van der Waals surface area (Å²) in [6.07, 6.45) is 12.3. The summed E-state index contributed by atoms with van der Waals surface area (Å²) in [6.45, 7) is 0. The molecular weight excluding hydrogens is 320 g/mol. The van der Waals surface area contributed by atoms with Crippen molar-refractivity contribution in [2.75, 3.05) is 0 Å². The molecule has 1 aliphatic heterocycles. The number of carbonyl (C=O) groups is 3. The molecule has 3 amide bonds. The van der Waals surface area contributed by atoms with Crippen LogP contribution in [-0.4, -0.2) is 40.0 Å². The molecule has 2 atom stereocenters. The Morgan fingerprint density at radius 1 is 1.00 bits per heavy atom. The first-order chi connectivity index (χ1) is 12.1. The number of carbonyl (C=O) groups excluding carboxylic acids is 2. The third-order valence-corrected chi connectivity index (χ3v) is 6.22. The molecular formula is C19H30N2O4. The van der Waals surface area contributed by atoms with E-state index in [0.717, 1.165) is 43.4 Å². The van der Waals surface area contributed by atoms with Crippen molar-refractivity contribution < 1.29 is 19.5 Å². The Bertz CT molecular complexity index is 510. The summed E-state index contributed by atoms with van der Waals surface area (Å²) in [5.41, 5.74) is 0. The van der Waals surface area contributed by atoms with Crippen LogP contribution in [0.5, 0.6) is 0 Å². The first-order valence-electron chi connectivity index (χ1n) is 9.92. The smallest absolute Gasteiger partial charge is 0.327 e. The molecule has 6 nitrogen and oxygen atoms in total. The lowest BCUT2D eigenvalue weighted by Crippen LogP contribution is -2.47. The first kappa shape index (κ1) is 18.2. The second-order valence-electron chi connectivity index (χ2n) is 8.04. The molecule has 25 heavy (non-hydrogen) atoms. The van der Waals surface area contributed by atoms with Crippen LogP contribution in [0.1, 0.15) is 77.0 Å². The molecule has 3 rings (SSSR count). The van der Waals surface area contributed by atoms with Gasteiger partial charge in [0.2, 0.25) is 0 Å². The van der Waals surface area contributed by atoms with E-state index in [-0.39, 0.29) is 5.91 Å². The fourth-order valence-electron chi connectivity index (χ4n) is 4.81. The molecule has 2 aliphatic carbocycles. The van der Waals surface area contributed by atoms with Gasteiger partial charge in [-0.25, -0.2) is 14.5 Å². The highest BCUT2D eigenvalue weighted by Crippen LogP contribution is 2.32. The van der Waals surface area contributed by atoms with Gasteiger partial charge in [-0.1, -0.05) is 64.2 Å². The van der Waals surface area contributed by atoms with Gasteiger partial charge in [0.1, 0.15) is 12.1 Å². The molecule has 1 heterocycles. The molecule has 0 bridgehead atoms. The fourth-order valence-corrected chi connectivity index (χ4v) is 4.81. The number of hydrogen-bond donors (Lipinski definition) is 2. The van der Waals surface area contributed by atoms with Crippen LogP contribution in [0.2, 0.25) is 0 Å². The number of nitrogens with zero attached hydrogens (tertiary/aromatic N) is 1. The first-order valence-corrected chi connectivity index (χ1v) is 9.92. The van der Waals surface area contributed by atoms with E-state index >= 15 is 0 Å². The molecule has 3 aliphatic rings. The standard InChI is InChI=1S/C19H30N2O4/c22-17-15(11-13-7-3-1-4-8-13)20-19(25)21(17)16(18(23)24)12-14-9-5-2-6-10-14/h13-16H,1-12H2,(H,20,25)(H,23,24). The quantitative estimate of drug-likeness (QED) is 0.720. The number of hydrogen-bond acceptors (Lipinski definition) is 3. The van der Waals surface area contributed by atoms with Crippen molar-refractivity contribution in [1.82, 2.24) is 10.2 Å². The zero-order chi connectivity index (χ0) is 17.8. The van der Waals surface area contributed by atoms with Crippen molar-refractivity contribution >= 4 is 17.9 Å². The number of imide groups is 1. The van der Waals surface area contributed by atoms with Crippen LogP contribution in [0.3, 0.4) is 0 Å². The second kappa shape index (κ2) is 8.19. The van der Waals surface area contributed by atoms with E-state index in [4.69, 9.17) is 0 Å². The van der Waals surface area contributed by atoms with E-state index in [2.05, 4.69) is 5.32 Å². The van der Waals surface area contributed by atoms with E-state index in [9.17, 15) is 19.5 Å². The van der Waals surface area contributed by atoms with Gasteiger partial charge >= 0.3 is 12.0 Å². The van der Waals surface area contributed by atoms with Gasteiger partial charge in [0.25, 0.3) is 5.91 Å². The Morgan fingerprint density at radius 2 is 1.56 bits per heavy atom. The normalized spacial score (nSPS) is 27.4. The van der Waals surface area contributed by atoms with Crippen LogP contribution in [0.15, 0.2) is 0 Å². The second-order valence-corrected chi connectivity index (χ2v) is 8.04. The highest BCUT2D eigenvalue weighted by molar-refractivity contribution is 6.06. The lowest BCUT2D eigenvalue weighted by Gasteiger charge is -2.28. The van der Waals surface area contributed by atoms with Crippen LogP contribution in [-0.2, 0) is 9.59 Å². The number of nitrogens with one attached hydrogen (secondary N) is 1. The number of carboxylic acid groups (broad SMARTS) is 1. The Kier molecular flexibility index (Phi) is 5.97. The minimum absolute atomic E-state index is 0.299. The van der Waals surface area contributed by atoms with E-state index in [1.165, 1.54) is 25.7 Å². The van der Waals surface area contributed by atoms with Crippen LogP contribution in [0.25, 0.3) is 0 Å². The Labute approximate surface area is 149 Å². The zero-order valence-electron chi connectivity index (χ0n) is 14.9. The number of aliphatic carboxylic acids is 1. The maximum atomic E-state index is 12.8. The number of carboxylic acids is 1. The van der Waals surface area contributed by atoms with Gasteiger partial charge in [-0.05, 0) is 24.7 Å². The summed E-state index contributed by atoms with van der Waals surface area (Å²) in [5.74, 6) is -0.636. The highest BCUT2D eigenvalue weighted by atomic mass is 16.4. The van der Waals surface area contributed by atoms with E-state index < -0.39 is 24.1 Å². The van der Waals surface area contributed by atoms with E-state index in [0.29, 0.717) is 24.7 Å². The van der Waals surface area contributed by atoms with Gasteiger partial charge in [-0.2, -0.15) is 0 Å². The summed E-state index contributed by atoms with van der Waals surface area (Å²) in [4.78, 5) is 37.9. The average Bonchev–Trinajstić information content (AvgIpc) is 2.88. The minimum Gasteiger partial charge on any atom is -0.480 e. The third kappa shape index (κ3) is 4.33. The maximum absolute atomic E-state index is 12.8. The molecule has 6 heteroatoms. The number of urea groups is 1. The van der Waals surface area contributed by atoms with E-state index in [1.807, 2.05) is 0 Å². The Morgan fingerprint density at radius 3 is 2.12 bits per heavy atom. The van der Waals surface area contributed by atoms with Gasteiger partial charge in [0.15, 0.2) is 0 Å². The topological polar surface area (TPSA) is 86.7 Å². The number of amides is 3. The van der Waals surface area contributed by atoms with Gasteiger partial charge in [0, 0.05) is 0 Å². The van der Waals surface area contributed by atoms with Crippen molar-refractivity contribution in [2.24, 2.45) is 11.8 Å². The van der Waals surface area contributed by atoms with Crippen LogP contribution in [0, 0.1) is 11.8 Å². The lowest BCUT2D eigenvalue weighted by atomic mass is 9.84. The monoisotopic (exact) mass is 350 g/mol. The zero-order valence-corrected chi connectivity index (χ0v) is 14.9. The van der Waals surface area contributed by atoms with Gasteiger partial charge in [-0.15, -0.1) is 0 Å². The van der Waals surface area contributed by atoms with Crippen LogP contribution >= 0.6 is 0 Å². The Balaban J connectivity index is 1.64. The molecule has 3 fully saturated rings.